The minimum Gasteiger partial charge on any atom is -0.397 e. The van der Waals surface area contributed by atoms with Gasteiger partial charge in [0.2, 0.25) is 0 Å². The molecule has 1 aromatic carbocycles. The van der Waals surface area contributed by atoms with Gasteiger partial charge in [-0.15, -0.1) is 0 Å². The molecule has 2 aromatic rings. The van der Waals surface area contributed by atoms with Crippen molar-refractivity contribution in [3.8, 4) is 0 Å². The summed E-state index contributed by atoms with van der Waals surface area (Å²) >= 11 is 6.11. The van der Waals surface area contributed by atoms with E-state index in [-0.39, 0.29) is 0 Å². The Labute approximate surface area is 106 Å². The second-order valence-electron chi connectivity index (χ2n) is 3.90. The van der Waals surface area contributed by atoms with E-state index in [9.17, 15) is 0 Å². The first kappa shape index (κ1) is 11.7. The zero-order valence-electron chi connectivity index (χ0n) is 9.60. The predicted molar refractivity (Wildman–Crippen MR) is 72.2 cm³/mol. The number of hydrogen-bond donors (Lipinski definition) is 1. The molecule has 2 N–H and O–H groups in total. The van der Waals surface area contributed by atoms with Crippen molar-refractivity contribution < 1.29 is 0 Å². The van der Waals surface area contributed by atoms with Crippen LogP contribution in [0, 0.1) is 0 Å². The van der Waals surface area contributed by atoms with Crippen LogP contribution in [0.1, 0.15) is 5.56 Å². The molecule has 1 heterocycles. The fourth-order valence-corrected chi connectivity index (χ4v) is 1.78. The SMILES string of the molecule is CN(Cc1ccccc1Cl)c1ccc(N)cn1. The Morgan fingerprint density at radius 3 is 2.65 bits per heavy atom. The Balaban J connectivity index is 2.14. The molecule has 0 saturated heterocycles. The van der Waals surface area contributed by atoms with E-state index in [2.05, 4.69) is 4.98 Å². The summed E-state index contributed by atoms with van der Waals surface area (Å²) in [6.07, 6.45) is 1.65. The average molecular weight is 248 g/mol. The summed E-state index contributed by atoms with van der Waals surface area (Å²) in [5, 5.41) is 0.773. The normalized spacial score (nSPS) is 10.2. The summed E-state index contributed by atoms with van der Waals surface area (Å²) in [5.41, 5.74) is 7.35. The fourth-order valence-electron chi connectivity index (χ4n) is 1.59. The standard InChI is InChI=1S/C13H14ClN3/c1-17(13-7-6-11(15)8-16-13)9-10-4-2-3-5-12(10)14/h2-8H,9,15H2,1H3. The van der Waals surface area contributed by atoms with Gasteiger partial charge in [-0.25, -0.2) is 4.98 Å². The molecule has 1 aromatic heterocycles. The fraction of sp³-hybridized carbons (Fsp3) is 0.154. The van der Waals surface area contributed by atoms with E-state index in [1.807, 2.05) is 48.3 Å². The van der Waals surface area contributed by atoms with Crippen LogP contribution in [0.3, 0.4) is 0 Å². The zero-order valence-corrected chi connectivity index (χ0v) is 10.4. The number of aromatic nitrogens is 1. The van der Waals surface area contributed by atoms with Crippen molar-refractivity contribution in [2.75, 3.05) is 17.7 Å². The summed E-state index contributed by atoms with van der Waals surface area (Å²) < 4.78 is 0. The number of pyridine rings is 1. The molecule has 0 spiro atoms. The van der Waals surface area contributed by atoms with Crippen LogP contribution >= 0.6 is 11.6 Å². The topological polar surface area (TPSA) is 42.1 Å². The highest BCUT2D eigenvalue weighted by atomic mass is 35.5. The predicted octanol–water partition coefficient (Wildman–Crippen LogP) is 2.95. The molecule has 0 fully saturated rings. The summed E-state index contributed by atoms with van der Waals surface area (Å²) in [5.74, 6) is 0.874. The van der Waals surface area contributed by atoms with Crippen LogP contribution in [0.15, 0.2) is 42.6 Å². The molecule has 0 aliphatic heterocycles. The summed E-state index contributed by atoms with van der Waals surface area (Å²) in [4.78, 5) is 6.29. The molecule has 0 aliphatic rings. The highest BCUT2D eigenvalue weighted by Crippen LogP contribution is 2.19. The van der Waals surface area contributed by atoms with Crippen LogP contribution in [0.2, 0.25) is 5.02 Å². The first-order chi connectivity index (χ1) is 8.16. The second kappa shape index (κ2) is 5.06. The molecule has 0 atom stereocenters. The van der Waals surface area contributed by atoms with Crippen LogP contribution in [-0.2, 0) is 6.54 Å². The van der Waals surface area contributed by atoms with E-state index >= 15 is 0 Å². The molecule has 3 nitrogen and oxygen atoms in total. The van der Waals surface area contributed by atoms with Gasteiger partial charge in [0.05, 0.1) is 11.9 Å². The number of anilines is 2. The van der Waals surface area contributed by atoms with E-state index < -0.39 is 0 Å². The van der Waals surface area contributed by atoms with Crippen molar-refractivity contribution in [2.24, 2.45) is 0 Å². The van der Waals surface area contributed by atoms with Gasteiger partial charge in [-0.05, 0) is 23.8 Å². The van der Waals surface area contributed by atoms with Crippen LogP contribution in [0.25, 0.3) is 0 Å². The lowest BCUT2D eigenvalue weighted by atomic mass is 10.2. The first-order valence-electron chi connectivity index (χ1n) is 5.33. The number of halogens is 1. The summed E-state index contributed by atoms with van der Waals surface area (Å²) in [6.45, 7) is 0.719. The molecule has 17 heavy (non-hydrogen) atoms. The van der Waals surface area contributed by atoms with Crippen LogP contribution in [-0.4, -0.2) is 12.0 Å². The summed E-state index contributed by atoms with van der Waals surface area (Å²) in [7, 11) is 1.97. The molecule has 88 valence electrons. The van der Waals surface area contributed by atoms with Gasteiger partial charge in [0, 0.05) is 18.6 Å². The lowest BCUT2D eigenvalue weighted by molar-refractivity contribution is 0.899. The third-order valence-corrected chi connectivity index (χ3v) is 2.90. The van der Waals surface area contributed by atoms with E-state index in [0.29, 0.717) is 5.69 Å². The molecule has 4 heteroatoms. The van der Waals surface area contributed by atoms with Crippen LogP contribution in [0.4, 0.5) is 11.5 Å². The van der Waals surface area contributed by atoms with Crippen molar-refractivity contribution in [3.63, 3.8) is 0 Å². The van der Waals surface area contributed by atoms with Gasteiger partial charge >= 0.3 is 0 Å². The lowest BCUT2D eigenvalue weighted by Crippen LogP contribution is -2.17. The summed E-state index contributed by atoms with van der Waals surface area (Å²) in [6, 6.07) is 11.5. The lowest BCUT2D eigenvalue weighted by Gasteiger charge is -2.18. The van der Waals surface area contributed by atoms with Crippen molar-refractivity contribution >= 4 is 23.1 Å². The van der Waals surface area contributed by atoms with Gasteiger partial charge in [-0.2, -0.15) is 0 Å². The Bertz CT molecular complexity index is 496. The molecular formula is C13H14ClN3. The van der Waals surface area contributed by atoms with Gasteiger partial charge in [-0.1, -0.05) is 29.8 Å². The highest BCUT2D eigenvalue weighted by molar-refractivity contribution is 6.31. The van der Waals surface area contributed by atoms with Gasteiger partial charge in [0.1, 0.15) is 5.82 Å². The van der Waals surface area contributed by atoms with E-state index in [1.54, 1.807) is 6.20 Å². The Kier molecular flexibility index (Phi) is 3.49. The maximum Gasteiger partial charge on any atom is 0.128 e. The number of nitrogens with zero attached hydrogens (tertiary/aromatic N) is 2. The van der Waals surface area contributed by atoms with Crippen molar-refractivity contribution in [1.29, 1.82) is 0 Å². The molecule has 0 aliphatic carbocycles. The largest absolute Gasteiger partial charge is 0.397 e. The van der Waals surface area contributed by atoms with Gasteiger partial charge in [0.25, 0.3) is 0 Å². The monoisotopic (exact) mass is 247 g/mol. The number of benzene rings is 1. The average Bonchev–Trinajstić information content (AvgIpc) is 2.33. The first-order valence-corrected chi connectivity index (χ1v) is 5.70. The van der Waals surface area contributed by atoms with Crippen molar-refractivity contribution in [1.82, 2.24) is 4.98 Å². The van der Waals surface area contributed by atoms with Crippen LogP contribution in [0.5, 0.6) is 0 Å². The second-order valence-corrected chi connectivity index (χ2v) is 4.30. The molecule has 0 amide bonds. The van der Waals surface area contributed by atoms with Crippen LogP contribution < -0.4 is 10.6 Å². The maximum absolute atomic E-state index is 6.11. The smallest absolute Gasteiger partial charge is 0.128 e. The van der Waals surface area contributed by atoms with Gasteiger partial charge < -0.3 is 10.6 Å². The van der Waals surface area contributed by atoms with Gasteiger partial charge in [0.15, 0.2) is 0 Å². The van der Waals surface area contributed by atoms with E-state index in [4.69, 9.17) is 17.3 Å². The van der Waals surface area contributed by atoms with Crippen molar-refractivity contribution in [3.05, 3.63) is 53.2 Å². The number of nitrogens with two attached hydrogens (primary N) is 1. The number of nitrogen functional groups attached to an aromatic ring is 1. The Morgan fingerprint density at radius 1 is 1.24 bits per heavy atom. The van der Waals surface area contributed by atoms with E-state index in [1.165, 1.54) is 0 Å². The van der Waals surface area contributed by atoms with E-state index in [0.717, 1.165) is 22.9 Å². The zero-order chi connectivity index (χ0) is 12.3. The minimum absolute atomic E-state index is 0.667. The molecule has 0 unspecified atom stereocenters. The number of rotatable bonds is 3. The molecule has 0 saturated carbocycles. The Hall–Kier alpha value is -1.74. The van der Waals surface area contributed by atoms with Gasteiger partial charge in [-0.3, -0.25) is 0 Å². The third kappa shape index (κ3) is 2.88. The molecular weight excluding hydrogens is 234 g/mol. The molecule has 0 bridgehead atoms. The Morgan fingerprint density at radius 2 is 2.00 bits per heavy atom. The third-order valence-electron chi connectivity index (χ3n) is 2.53. The minimum atomic E-state index is 0.667. The van der Waals surface area contributed by atoms with Crippen molar-refractivity contribution in [2.45, 2.75) is 6.54 Å². The molecule has 0 radical (unpaired) electrons. The highest BCUT2D eigenvalue weighted by Gasteiger charge is 2.05. The number of hydrogen-bond acceptors (Lipinski definition) is 3. The quantitative estimate of drug-likeness (QED) is 0.907. The molecule has 2 rings (SSSR count). The maximum atomic E-state index is 6.11.